The summed E-state index contributed by atoms with van der Waals surface area (Å²) in [6, 6.07) is 1.42. The highest BCUT2D eigenvalue weighted by Gasteiger charge is 2.58. The molecule has 2 nitrogen and oxygen atoms in total. The molecule has 1 N–H and O–H groups in total. The van der Waals surface area contributed by atoms with Crippen molar-refractivity contribution in [1.29, 1.82) is 0 Å². The Kier molecular flexibility index (Phi) is 3.22. The lowest BCUT2D eigenvalue weighted by Gasteiger charge is -2.61. The molecular formula is C16H29NO. The quantitative estimate of drug-likeness (QED) is 0.813. The fourth-order valence-electron chi connectivity index (χ4n) is 4.69. The van der Waals surface area contributed by atoms with E-state index in [9.17, 15) is 0 Å². The summed E-state index contributed by atoms with van der Waals surface area (Å²) in [5.74, 6) is 2.50. The maximum absolute atomic E-state index is 5.99. The van der Waals surface area contributed by atoms with Crippen molar-refractivity contribution < 1.29 is 4.74 Å². The van der Waals surface area contributed by atoms with Crippen LogP contribution in [-0.2, 0) is 4.74 Å². The molecule has 1 heterocycles. The summed E-state index contributed by atoms with van der Waals surface area (Å²) in [5.41, 5.74) is 0.330. The van der Waals surface area contributed by atoms with Gasteiger partial charge in [-0.2, -0.15) is 0 Å². The van der Waals surface area contributed by atoms with Crippen molar-refractivity contribution in [3.8, 4) is 0 Å². The van der Waals surface area contributed by atoms with Crippen LogP contribution in [0.2, 0.25) is 0 Å². The van der Waals surface area contributed by atoms with Gasteiger partial charge in [0.05, 0.1) is 6.10 Å². The van der Waals surface area contributed by atoms with Crippen LogP contribution in [0.1, 0.15) is 53.4 Å². The number of ether oxygens (including phenoxy) is 1. The number of hydrogen-bond donors (Lipinski definition) is 1. The van der Waals surface area contributed by atoms with Gasteiger partial charge in [0.1, 0.15) is 0 Å². The first-order valence-corrected chi connectivity index (χ1v) is 7.89. The predicted octanol–water partition coefficient (Wildman–Crippen LogP) is 3.21. The molecule has 0 amide bonds. The Morgan fingerprint density at radius 1 is 1.11 bits per heavy atom. The van der Waals surface area contributed by atoms with Gasteiger partial charge < -0.3 is 10.1 Å². The van der Waals surface area contributed by atoms with E-state index in [0.29, 0.717) is 17.6 Å². The minimum atomic E-state index is 0.330. The van der Waals surface area contributed by atoms with Gasteiger partial charge >= 0.3 is 0 Å². The molecule has 3 fully saturated rings. The topological polar surface area (TPSA) is 21.3 Å². The summed E-state index contributed by atoms with van der Waals surface area (Å²) >= 11 is 0. The van der Waals surface area contributed by atoms with Crippen molar-refractivity contribution in [1.82, 2.24) is 5.32 Å². The molecule has 0 spiro atoms. The van der Waals surface area contributed by atoms with Crippen molar-refractivity contribution in [3.05, 3.63) is 0 Å². The van der Waals surface area contributed by atoms with Gasteiger partial charge in [0.2, 0.25) is 0 Å². The van der Waals surface area contributed by atoms with E-state index in [0.717, 1.165) is 30.4 Å². The van der Waals surface area contributed by atoms with Gasteiger partial charge in [0.25, 0.3) is 0 Å². The van der Waals surface area contributed by atoms with Crippen molar-refractivity contribution in [2.75, 3.05) is 6.61 Å². The van der Waals surface area contributed by atoms with Crippen molar-refractivity contribution in [2.45, 2.75) is 71.6 Å². The Hall–Kier alpha value is -0.0800. The van der Waals surface area contributed by atoms with E-state index in [1.807, 2.05) is 0 Å². The molecule has 3 rings (SSSR count). The van der Waals surface area contributed by atoms with Gasteiger partial charge in [-0.05, 0) is 37.5 Å². The number of nitrogens with one attached hydrogen (secondary N) is 1. The van der Waals surface area contributed by atoms with E-state index in [2.05, 4.69) is 33.0 Å². The third-order valence-corrected chi connectivity index (χ3v) is 6.19. The zero-order valence-corrected chi connectivity index (χ0v) is 12.4. The van der Waals surface area contributed by atoms with Crippen LogP contribution in [0.5, 0.6) is 0 Å². The lowest BCUT2D eigenvalue weighted by Crippen LogP contribution is -2.70. The predicted molar refractivity (Wildman–Crippen MR) is 74.5 cm³/mol. The van der Waals surface area contributed by atoms with Crippen LogP contribution in [0, 0.1) is 23.2 Å². The molecule has 104 valence electrons. The van der Waals surface area contributed by atoms with Crippen LogP contribution in [0.3, 0.4) is 0 Å². The van der Waals surface area contributed by atoms with Gasteiger partial charge in [0.15, 0.2) is 0 Å². The Balaban J connectivity index is 1.66. The zero-order chi connectivity index (χ0) is 12.9. The Bertz CT molecular complexity index is 314. The molecule has 1 saturated heterocycles. The molecular weight excluding hydrogens is 222 g/mol. The lowest BCUT2D eigenvalue weighted by molar-refractivity contribution is -0.195. The molecule has 6 unspecified atom stereocenters. The molecule has 0 radical (unpaired) electrons. The highest BCUT2D eigenvalue weighted by atomic mass is 16.5. The largest absolute Gasteiger partial charge is 0.377 e. The summed E-state index contributed by atoms with van der Waals surface area (Å²) in [4.78, 5) is 0. The first-order chi connectivity index (χ1) is 8.51. The third kappa shape index (κ3) is 1.84. The summed E-state index contributed by atoms with van der Waals surface area (Å²) in [5, 5.41) is 4.00. The van der Waals surface area contributed by atoms with Gasteiger partial charge in [-0.1, -0.05) is 27.7 Å². The first kappa shape index (κ1) is 12.9. The van der Waals surface area contributed by atoms with Crippen molar-refractivity contribution in [3.63, 3.8) is 0 Å². The van der Waals surface area contributed by atoms with Crippen LogP contribution in [0.4, 0.5) is 0 Å². The molecule has 2 saturated carbocycles. The van der Waals surface area contributed by atoms with E-state index < -0.39 is 0 Å². The van der Waals surface area contributed by atoms with E-state index in [4.69, 9.17) is 4.74 Å². The second kappa shape index (κ2) is 4.49. The van der Waals surface area contributed by atoms with Crippen LogP contribution < -0.4 is 5.32 Å². The fraction of sp³-hybridized carbons (Fsp3) is 1.00. The highest BCUT2D eigenvalue weighted by molar-refractivity contribution is 5.11. The maximum atomic E-state index is 5.99. The average molecular weight is 251 g/mol. The van der Waals surface area contributed by atoms with E-state index in [1.54, 1.807) is 0 Å². The molecule has 0 aromatic rings. The molecule has 0 aromatic heterocycles. The van der Waals surface area contributed by atoms with Crippen molar-refractivity contribution >= 4 is 0 Å². The Labute approximate surface area is 112 Å². The van der Waals surface area contributed by atoms with E-state index >= 15 is 0 Å². The Morgan fingerprint density at radius 3 is 2.56 bits per heavy atom. The average Bonchev–Trinajstić information content (AvgIpc) is 2.67. The van der Waals surface area contributed by atoms with Gasteiger partial charge in [-0.25, -0.2) is 0 Å². The minimum Gasteiger partial charge on any atom is -0.377 e. The third-order valence-electron chi connectivity index (χ3n) is 6.19. The van der Waals surface area contributed by atoms with Crippen molar-refractivity contribution in [2.24, 2.45) is 23.2 Å². The number of hydrogen-bond acceptors (Lipinski definition) is 2. The summed E-state index contributed by atoms with van der Waals surface area (Å²) in [7, 11) is 0. The fourth-order valence-corrected chi connectivity index (χ4v) is 4.69. The van der Waals surface area contributed by atoms with Gasteiger partial charge in [-0.15, -0.1) is 0 Å². The monoisotopic (exact) mass is 251 g/mol. The second-order valence-electron chi connectivity index (χ2n) is 7.58. The van der Waals surface area contributed by atoms with Crippen LogP contribution in [0.15, 0.2) is 0 Å². The molecule has 2 aliphatic carbocycles. The number of fused-ring (bicyclic) bond motifs is 1. The smallest absolute Gasteiger partial charge is 0.0684 e. The molecule has 0 aromatic carbocycles. The molecule has 18 heavy (non-hydrogen) atoms. The van der Waals surface area contributed by atoms with Crippen LogP contribution >= 0.6 is 0 Å². The highest BCUT2D eigenvalue weighted by Crippen LogP contribution is 2.52. The molecule has 0 bridgehead atoms. The lowest BCUT2D eigenvalue weighted by atomic mass is 9.55. The van der Waals surface area contributed by atoms with E-state index in [1.165, 1.54) is 25.7 Å². The molecule has 3 aliphatic rings. The molecule has 1 aliphatic heterocycles. The van der Waals surface area contributed by atoms with Crippen LogP contribution in [-0.4, -0.2) is 24.8 Å². The van der Waals surface area contributed by atoms with Crippen LogP contribution in [0.25, 0.3) is 0 Å². The Morgan fingerprint density at radius 2 is 1.89 bits per heavy atom. The second-order valence-corrected chi connectivity index (χ2v) is 7.58. The molecule has 6 atom stereocenters. The summed E-state index contributed by atoms with van der Waals surface area (Å²) in [6.45, 7) is 10.6. The summed E-state index contributed by atoms with van der Waals surface area (Å²) < 4.78 is 5.99. The van der Waals surface area contributed by atoms with E-state index in [-0.39, 0.29) is 0 Å². The summed E-state index contributed by atoms with van der Waals surface area (Å²) in [6.07, 6.45) is 5.90. The first-order valence-electron chi connectivity index (χ1n) is 7.89. The zero-order valence-electron chi connectivity index (χ0n) is 12.4. The minimum absolute atomic E-state index is 0.330. The standard InChI is InChI=1S/C16H29NO/c1-10-7-8-13(11(10)2)17-14-12-6-5-9-18-15(12)16(14,3)4/h10-15,17H,5-9H2,1-4H3. The SMILES string of the molecule is CC1CCC(NC2C3CCCOC3C2(C)C)C1C. The van der Waals surface area contributed by atoms with Gasteiger partial charge in [0, 0.05) is 30.0 Å². The maximum Gasteiger partial charge on any atom is 0.0684 e. The molecule has 2 heteroatoms. The van der Waals surface area contributed by atoms with Gasteiger partial charge in [-0.3, -0.25) is 0 Å². The number of rotatable bonds is 2. The normalized spacial score (nSPS) is 50.7.